The van der Waals surface area contributed by atoms with Crippen molar-refractivity contribution in [1.29, 1.82) is 0 Å². The number of H-pyrrole nitrogens is 1. The number of aryl methyl sites for hydroxylation is 1. The van der Waals surface area contributed by atoms with Crippen LogP contribution in [0, 0.1) is 13.8 Å². The van der Waals surface area contributed by atoms with Gasteiger partial charge in [0, 0.05) is 12.2 Å². The number of nitrogens with zero attached hydrogens (tertiary/aromatic N) is 1. The second kappa shape index (κ2) is 6.94. The maximum absolute atomic E-state index is 13.1. The Labute approximate surface area is 141 Å². The first-order valence-corrected chi connectivity index (χ1v) is 8.36. The molecule has 24 heavy (non-hydrogen) atoms. The van der Waals surface area contributed by atoms with Gasteiger partial charge in [-0.25, -0.2) is 4.79 Å². The number of methoxy groups -OCH3 is 1. The number of carbonyl (C=O) groups is 2. The summed E-state index contributed by atoms with van der Waals surface area (Å²) in [6.07, 6.45) is 2.51. The number of ether oxygens (including phenoxy) is 3. The number of carbonyl (C=O) groups excluding carboxylic acids is 2. The van der Waals surface area contributed by atoms with Crippen molar-refractivity contribution >= 4 is 11.9 Å². The monoisotopic (exact) mass is 336 g/mol. The van der Waals surface area contributed by atoms with E-state index in [2.05, 4.69) is 4.98 Å². The summed E-state index contributed by atoms with van der Waals surface area (Å²) in [5.41, 5.74) is 2.15. The van der Waals surface area contributed by atoms with E-state index in [9.17, 15) is 9.59 Å². The Morgan fingerprint density at radius 2 is 1.92 bits per heavy atom. The molecule has 0 spiro atoms. The molecule has 0 radical (unpaired) electrons. The summed E-state index contributed by atoms with van der Waals surface area (Å²) in [6, 6.07) is -0.0849. The maximum Gasteiger partial charge on any atom is 0.339 e. The lowest BCUT2D eigenvalue weighted by Gasteiger charge is -2.37. The largest absolute Gasteiger partial charge is 0.465 e. The summed E-state index contributed by atoms with van der Waals surface area (Å²) >= 11 is 0. The molecule has 1 atom stereocenters. The van der Waals surface area contributed by atoms with Gasteiger partial charge in [-0.3, -0.25) is 4.79 Å². The minimum atomic E-state index is -0.432. The fraction of sp³-hybridized carbons (Fsp3) is 0.647. The Hall–Kier alpha value is -1.86. The van der Waals surface area contributed by atoms with Crippen molar-refractivity contribution in [2.75, 3.05) is 26.9 Å². The van der Waals surface area contributed by atoms with E-state index in [4.69, 9.17) is 14.2 Å². The lowest BCUT2D eigenvalue weighted by atomic mass is 10.0. The van der Waals surface area contributed by atoms with Gasteiger partial charge in [-0.1, -0.05) is 0 Å². The maximum atomic E-state index is 13.1. The Bertz CT molecular complexity index is 633. The SMILES string of the molecule is COC(=O)c1c(C)[nH]c(C(=O)N2CCCC[C@@H]2C2OCCO2)c1C. The third kappa shape index (κ3) is 2.93. The van der Waals surface area contributed by atoms with Gasteiger partial charge in [0.15, 0.2) is 6.29 Å². The Morgan fingerprint density at radius 1 is 1.21 bits per heavy atom. The van der Waals surface area contributed by atoms with Crippen LogP contribution in [0.5, 0.6) is 0 Å². The summed E-state index contributed by atoms with van der Waals surface area (Å²) in [7, 11) is 1.34. The van der Waals surface area contributed by atoms with Crippen LogP contribution in [-0.2, 0) is 14.2 Å². The zero-order valence-electron chi connectivity index (χ0n) is 14.4. The van der Waals surface area contributed by atoms with Gasteiger partial charge in [0.2, 0.25) is 0 Å². The van der Waals surface area contributed by atoms with Crippen LogP contribution in [0.15, 0.2) is 0 Å². The summed E-state index contributed by atoms with van der Waals surface area (Å²) in [6.45, 7) is 5.34. The molecule has 0 unspecified atom stereocenters. The van der Waals surface area contributed by atoms with Gasteiger partial charge in [0.25, 0.3) is 5.91 Å². The molecule has 0 bridgehead atoms. The van der Waals surface area contributed by atoms with Crippen molar-refractivity contribution in [1.82, 2.24) is 9.88 Å². The summed E-state index contributed by atoms with van der Waals surface area (Å²) < 4.78 is 16.1. The molecule has 3 rings (SSSR count). The Balaban J connectivity index is 1.88. The number of amides is 1. The molecular formula is C17H24N2O5. The van der Waals surface area contributed by atoms with Gasteiger partial charge in [-0.05, 0) is 38.7 Å². The van der Waals surface area contributed by atoms with Crippen molar-refractivity contribution in [3.63, 3.8) is 0 Å². The third-order valence-corrected chi connectivity index (χ3v) is 4.81. The minimum Gasteiger partial charge on any atom is -0.465 e. The molecule has 132 valence electrons. The van der Waals surface area contributed by atoms with E-state index in [1.54, 1.807) is 13.8 Å². The highest BCUT2D eigenvalue weighted by molar-refractivity contribution is 6.00. The number of likely N-dealkylation sites (tertiary alicyclic amines) is 1. The second-order valence-electron chi connectivity index (χ2n) is 6.29. The Morgan fingerprint density at radius 3 is 2.58 bits per heavy atom. The topological polar surface area (TPSA) is 80.9 Å². The summed E-state index contributed by atoms with van der Waals surface area (Å²) in [5.74, 6) is -0.549. The van der Waals surface area contributed by atoms with Crippen LogP contribution in [0.25, 0.3) is 0 Å². The number of hydrogen-bond donors (Lipinski definition) is 1. The number of hydrogen-bond acceptors (Lipinski definition) is 5. The second-order valence-corrected chi connectivity index (χ2v) is 6.29. The van der Waals surface area contributed by atoms with Crippen molar-refractivity contribution < 1.29 is 23.8 Å². The van der Waals surface area contributed by atoms with Crippen molar-refractivity contribution in [3.05, 3.63) is 22.5 Å². The number of esters is 1. The van der Waals surface area contributed by atoms with Crippen molar-refractivity contribution in [3.8, 4) is 0 Å². The van der Waals surface area contributed by atoms with E-state index in [1.807, 2.05) is 4.90 Å². The number of nitrogens with one attached hydrogen (secondary N) is 1. The first-order chi connectivity index (χ1) is 11.5. The normalized spacial score (nSPS) is 22.0. The van der Waals surface area contributed by atoms with Gasteiger partial charge in [0.05, 0.1) is 31.9 Å². The predicted octanol–water partition coefficient (Wildman–Crippen LogP) is 1.79. The standard InChI is InChI=1S/C17H24N2O5/c1-10-13(16(21)22-3)11(2)18-14(10)15(20)19-7-5-4-6-12(19)17-23-8-9-24-17/h12,17-18H,4-9H2,1-3H3/t12-/m1/s1. The molecule has 0 aliphatic carbocycles. The molecule has 1 amide bonds. The molecule has 2 aliphatic heterocycles. The van der Waals surface area contributed by atoms with Crippen molar-refractivity contribution in [2.45, 2.75) is 45.4 Å². The highest BCUT2D eigenvalue weighted by Gasteiger charge is 2.38. The molecule has 1 aromatic rings. The highest BCUT2D eigenvalue weighted by atomic mass is 16.7. The number of piperidine rings is 1. The molecule has 7 nitrogen and oxygen atoms in total. The third-order valence-electron chi connectivity index (χ3n) is 4.81. The molecule has 1 aromatic heterocycles. The highest BCUT2D eigenvalue weighted by Crippen LogP contribution is 2.28. The minimum absolute atomic E-state index is 0.0849. The van der Waals surface area contributed by atoms with Gasteiger partial charge in [0.1, 0.15) is 5.69 Å². The van der Waals surface area contributed by atoms with E-state index in [1.165, 1.54) is 7.11 Å². The number of aromatic nitrogens is 1. The van der Waals surface area contributed by atoms with E-state index >= 15 is 0 Å². The quantitative estimate of drug-likeness (QED) is 0.851. The van der Waals surface area contributed by atoms with Crippen LogP contribution in [0.4, 0.5) is 0 Å². The van der Waals surface area contributed by atoms with Crippen LogP contribution in [-0.4, -0.2) is 61.0 Å². The Kier molecular flexibility index (Phi) is 4.91. The fourth-order valence-electron chi connectivity index (χ4n) is 3.61. The number of aromatic amines is 1. The van der Waals surface area contributed by atoms with E-state index in [0.29, 0.717) is 42.3 Å². The first kappa shape index (κ1) is 17.0. The van der Waals surface area contributed by atoms with E-state index < -0.39 is 5.97 Å². The molecular weight excluding hydrogens is 312 g/mol. The lowest BCUT2D eigenvalue weighted by molar-refractivity contribution is -0.100. The van der Waals surface area contributed by atoms with Crippen LogP contribution in [0.3, 0.4) is 0 Å². The van der Waals surface area contributed by atoms with E-state index in [0.717, 1.165) is 19.3 Å². The zero-order valence-corrected chi connectivity index (χ0v) is 14.4. The van der Waals surface area contributed by atoms with E-state index in [-0.39, 0.29) is 18.2 Å². The predicted molar refractivity (Wildman–Crippen MR) is 86.0 cm³/mol. The first-order valence-electron chi connectivity index (χ1n) is 8.36. The molecule has 0 aromatic carbocycles. The average Bonchev–Trinajstić information content (AvgIpc) is 3.22. The molecule has 3 heterocycles. The van der Waals surface area contributed by atoms with Crippen LogP contribution >= 0.6 is 0 Å². The van der Waals surface area contributed by atoms with Gasteiger partial charge in [-0.2, -0.15) is 0 Å². The summed E-state index contributed by atoms with van der Waals surface area (Å²) in [4.78, 5) is 29.9. The van der Waals surface area contributed by atoms with Gasteiger partial charge in [-0.15, -0.1) is 0 Å². The fourth-order valence-corrected chi connectivity index (χ4v) is 3.61. The van der Waals surface area contributed by atoms with Crippen LogP contribution < -0.4 is 0 Å². The van der Waals surface area contributed by atoms with Crippen LogP contribution in [0.2, 0.25) is 0 Å². The molecule has 0 saturated carbocycles. The smallest absolute Gasteiger partial charge is 0.339 e. The lowest BCUT2D eigenvalue weighted by Crippen LogP contribution is -2.50. The molecule has 2 fully saturated rings. The molecule has 2 aliphatic rings. The summed E-state index contributed by atoms with van der Waals surface area (Å²) in [5, 5.41) is 0. The van der Waals surface area contributed by atoms with Gasteiger partial charge < -0.3 is 24.1 Å². The zero-order chi connectivity index (χ0) is 17.3. The van der Waals surface area contributed by atoms with Crippen LogP contribution in [0.1, 0.15) is 51.4 Å². The number of rotatable bonds is 3. The van der Waals surface area contributed by atoms with Crippen molar-refractivity contribution in [2.24, 2.45) is 0 Å². The average molecular weight is 336 g/mol. The molecule has 2 saturated heterocycles. The van der Waals surface area contributed by atoms with Gasteiger partial charge >= 0.3 is 5.97 Å². The molecule has 7 heteroatoms. The molecule has 1 N–H and O–H groups in total.